The molecule has 160 valence electrons. The summed E-state index contributed by atoms with van der Waals surface area (Å²) in [6.45, 7) is 1.34. The minimum atomic E-state index is -0.331. The number of nitrogens with zero attached hydrogens (tertiary/aromatic N) is 5. The van der Waals surface area contributed by atoms with Gasteiger partial charge in [0.15, 0.2) is 0 Å². The van der Waals surface area contributed by atoms with Crippen molar-refractivity contribution in [1.82, 2.24) is 24.6 Å². The molecule has 1 aromatic carbocycles. The van der Waals surface area contributed by atoms with E-state index in [9.17, 15) is 9.59 Å². The van der Waals surface area contributed by atoms with Gasteiger partial charge in [-0.1, -0.05) is 12.1 Å². The highest BCUT2D eigenvalue weighted by molar-refractivity contribution is 5.89. The van der Waals surface area contributed by atoms with Crippen molar-refractivity contribution >= 4 is 11.8 Å². The zero-order valence-electron chi connectivity index (χ0n) is 17.6. The molecule has 3 heterocycles. The van der Waals surface area contributed by atoms with E-state index in [1.807, 2.05) is 42.6 Å². The fourth-order valence-electron chi connectivity index (χ4n) is 3.80. The maximum absolute atomic E-state index is 12.9. The van der Waals surface area contributed by atoms with Gasteiger partial charge in [0.25, 0.3) is 0 Å². The molecule has 1 atom stereocenters. The lowest BCUT2D eigenvalue weighted by atomic mass is 10.1. The van der Waals surface area contributed by atoms with E-state index < -0.39 is 0 Å². The van der Waals surface area contributed by atoms with Crippen molar-refractivity contribution in [2.24, 2.45) is 5.92 Å². The molecule has 31 heavy (non-hydrogen) atoms. The molecule has 3 aromatic rings. The Kier molecular flexibility index (Phi) is 5.97. The van der Waals surface area contributed by atoms with E-state index in [1.165, 1.54) is 0 Å². The van der Waals surface area contributed by atoms with Crippen molar-refractivity contribution < 1.29 is 14.3 Å². The number of hydrogen-bond acceptors (Lipinski definition) is 5. The minimum absolute atomic E-state index is 0.00134. The number of rotatable bonds is 7. The highest BCUT2D eigenvalue weighted by Crippen LogP contribution is 2.23. The molecule has 0 aliphatic carbocycles. The molecule has 0 N–H and O–H groups in total. The molecule has 0 saturated carbocycles. The molecule has 1 fully saturated rings. The molecular weight excluding hydrogens is 394 g/mol. The first-order valence-electron chi connectivity index (χ1n) is 10.1. The second-order valence-electron chi connectivity index (χ2n) is 7.73. The Morgan fingerprint density at radius 3 is 2.87 bits per heavy atom. The van der Waals surface area contributed by atoms with Crippen molar-refractivity contribution in [3.63, 3.8) is 0 Å². The summed E-state index contributed by atoms with van der Waals surface area (Å²) in [4.78, 5) is 32.8. The van der Waals surface area contributed by atoms with Crippen LogP contribution in [0.25, 0.3) is 5.69 Å². The van der Waals surface area contributed by atoms with Crippen LogP contribution in [0.5, 0.6) is 5.75 Å². The first kappa shape index (κ1) is 20.6. The van der Waals surface area contributed by atoms with Crippen LogP contribution >= 0.6 is 0 Å². The molecule has 1 aliphatic rings. The Morgan fingerprint density at radius 2 is 2.10 bits per heavy atom. The molecule has 2 aromatic heterocycles. The quantitative estimate of drug-likeness (QED) is 0.587. The summed E-state index contributed by atoms with van der Waals surface area (Å²) in [5.74, 6) is 0.392. The number of carbonyl (C=O) groups excluding carboxylic acids is 2. The van der Waals surface area contributed by atoms with Gasteiger partial charge < -0.3 is 14.5 Å². The average Bonchev–Trinajstić information content (AvgIpc) is 3.41. The molecule has 0 bridgehead atoms. The number of ether oxygens (including phenoxy) is 1. The predicted octanol–water partition coefficient (Wildman–Crippen LogP) is 2.28. The molecule has 4 rings (SSSR count). The topological polar surface area (TPSA) is 80.6 Å². The molecule has 1 unspecified atom stereocenters. The van der Waals surface area contributed by atoms with Crippen molar-refractivity contribution in [3.8, 4) is 11.4 Å². The van der Waals surface area contributed by atoms with Crippen molar-refractivity contribution in [2.75, 3.05) is 20.7 Å². The van der Waals surface area contributed by atoms with E-state index >= 15 is 0 Å². The third kappa shape index (κ3) is 4.74. The van der Waals surface area contributed by atoms with Crippen LogP contribution in [0.3, 0.4) is 0 Å². The maximum Gasteiger partial charge on any atom is 0.228 e. The zero-order valence-corrected chi connectivity index (χ0v) is 17.6. The lowest BCUT2D eigenvalue weighted by molar-refractivity contribution is -0.135. The number of likely N-dealkylation sites (tertiary alicyclic amines) is 1. The first-order chi connectivity index (χ1) is 15.0. The number of aromatic nitrogens is 3. The van der Waals surface area contributed by atoms with Crippen LogP contribution in [0, 0.1) is 5.92 Å². The summed E-state index contributed by atoms with van der Waals surface area (Å²) in [7, 11) is 3.39. The largest absolute Gasteiger partial charge is 0.497 e. The Bertz CT molecular complexity index is 1070. The number of amides is 2. The van der Waals surface area contributed by atoms with Crippen molar-refractivity contribution in [2.45, 2.75) is 19.5 Å². The Balaban J connectivity index is 1.37. The van der Waals surface area contributed by atoms with E-state index in [0.29, 0.717) is 19.6 Å². The van der Waals surface area contributed by atoms with Gasteiger partial charge in [-0.3, -0.25) is 14.6 Å². The Morgan fingerprint density at radius 1 is 1.23 bits per heavy atom. The molecule has 1 saturated heterocycles. The molecule has 8 nitrogen and oxygen atoms in total. The van der Waals surface area contributed by atoms with Gasteiger partial charge in [0.1, 0.15) is 5.75 Å². The van der Waals surface area contributed by atoms with Crippen LogP contribution in [0.15, 0.2) is 61.2 Å². The van der Waals surface area contributed by atoms with Gasteiger partial charge in [0.05, 0.1) is 24.9 Å². The van der Waals surface area contributed by atoms with E-state index in [2.05, 4.69) is 10.1 Å². The first-order valence-corrected chi connectivity index (χ1v) is 10.1. The van der Waals surface area contributed by atoms with Gasteiger partial charge in [0.2, 0.25) is 11.8 Å². The third-order valence-electron chi connectivity index (χ3n) is 5.41. The van der Waals surface area contributed by atoms with Crippen molar-refractivity contribution in [1.29, 1.82) is 0 Å². The average molecular weight is 419 g/mol. The smallest absolute Gasteiger partial charge is 0.228 e. The van der Waals surface area contributed by atoms with Crippen LogP contribution in [0.4, 0.5) is 0 Å². The molecule has 1 aliphatic heterocycles. The molecule has 8 heteroatoms. The highest BCUT2D eigenvalue weighted by atomic mass is 16.5. The lowest BCUT2D eigenvalue weighted by Crippen LogP contribution is -2.34. The fourth-order valence-corrected chi connectivity index (χ4v) is 3.80. The molecule has 2 amide bonds. The van der Waals surface area contributed by atoms with E-state index in [0.717, 1.165) is 22.6 Å². The standard InChI is InChI=1S/C23H25N5O3/c1-26(13-18-12-25-28(15-18)20-6-3-7-21(10-20)31-2)23(30)19-9-22(29)27(16-19)14-17-5-4-8-24-11-17/h3-8,10-12,15,19H,9,13-14,16H2,1-2H3. The zero-order chi connectivity index (χ0) is 21.8. The second-order valence-corrected chi connectivity index (χ2v) is 7.73. The van der Waals surface area contributed by atoms with Crippen LogP contribution in [-0.2, 0) is 22.7 Å². The van der Waals surface area contributed by atoms with E-state index in [4.69, 9.17) is 4.74 Å². The van der Waals surface area contributed by atoms with Gasteiger partial charge in [-0.05, 0) is 23.8 Å². The molecular formula is C23H25N5O3. The van der Waals surface area contributed by atoms with Gasteiger partial charge in [-0.25, -0.2) is 4.68 Å². The number of pyridine rings is 1. The SMILES string of the molecule is COc1cccc(-n2cc(CN(C)C(=O)C3CC(=O)N(Cc4cccnc4)C3)cn2)c1. The predicted molar refractivity (Wildman–Crippen MR) is 114 cm³/mol. The van der Waals surface area contributed by atoms with Crippen LogP contribution in [-0.4, -0.2) is 57.1 Å². The second kappa shape index (κ2) is 8.99. The van der Waals surface area contributed by atoms with Gasteiger partial charge in [0, 0.05) is 63.3 Å². The molecule has 0 spiro atoms. The Hall–Kier alpha value is -3.68. The summed E-state index contributed by atoms with van der Waals surface area (Å²) in [6, 6.07) is 11.4. The number of benzene rings is 1. The normalized spacial score (nSPS) is 15.9. The Labute approximate surface area is 181 Å². The molecule has 0 radical (unpaired) electrons. The third-order valence-corrected chi connectivity index (χ3v) is 5.41. The summed E-state index contributed by atoms with van der Waals surface area (Å²) in [5, 5.41) is 4.40. The number of methoxy groups -OCH3 is 1. The lowest BCUT2D eigenvalue weighted by Gasteiger charge is -2.21. The van der Waals surface area contributed by atoms with Gasteiger partial charge in [-0.2, -0.15) is 5.10 Å². The summed E-state index contributed by atoms with van der Waals surface area (Å²) >= 11 is 0. The summed E-state index contributed by atoms with van der Waals surface area (Å²) in [5.41, 5.74) is 2.75. The van der Waals surface area contributed by atoms with E-state index in [1.54, 1.807) is 47.2 Å². The number of hydrogen-bond donors (Lipinski definition) is 0. The minimum Gasteiger partial charge on any atom is -0.497 e. The highest BCUT2D eigenvalue weighted by Gasteiger charge is 2.35. The van der Waals surface area contributed by atoms with Crippen molar-refractivity contribution in [3.05, 3.63) is 72.3 Å². The summed E-state index contributed by atoms with van der Waals surface area (Å²) in [6.07, 6.45) is 7.33. The van der Waals surface area contributed by atoms with Gasteiger partial charge in [-0.15, -0.1) is 0 Å². The van der Waals surface area contributed by atoms with Crippen LogP contribution < -0.4 is 4.74 Å². The van der Waals surface area contributed by atoms with Crippen LogP contribution in [0.2, 0.25) is 0 Å². The number of carbonyl (C=O) groups is 2. The summed E-state index contributed by atoms with van der Waals surface area (Å²) < 4.78 is 7.02. The monoisotopic (exact) mass is 419 g/mol. The van der Waals surface area contributed by atoms with Crippen LogP contribution in [0.1, 0.15) is 17.5 Å². The fraction of sp³-hybridized carbons (Fsp3) is 0.304. The maximum atomic E-state index is 12.9. The van der Waals surface area contributed by atoms with Gasteiger partial charge >= 0.3 is 0 Å². The van der Waals surface area contributed by atoms with E-state index in [-0.39, 0.29) is 24.2 Å².